The fourth-order valence-corrected chi connectivity index (χ4v) is 11.4. The quantitative estimate of drug-likeness (QED) is 0.112. The summed E-state index contributed by atoms with van der Waals surface area (Å²) in [6.07, 6.45) is 11.7. The van der Waals surface area contributed by atoms with Gasteiger partial charge >= 0.3 is 126 Å². The van der Waals surface area contributed by atoms with Gasteiger partial charge in [-0.2, -0.15) is 0 Å². The first kappa shape index (κ1) is 39.8. The molecule has 0 amide bonds. The zero-order chi connectivity index (χ0) is 37.9. The van der Waals surface area contributed by atoms with Crippen LogP contribution in [0.3, 0.4) is 0 Å². The molecule has 4 aromatic heterocycles. The molecule has 1 aliphatic rings. The molecule has 1 aliphatic carbocycles. The van der Waals surface area contributed by atoms with E-state index in [4.69, 9.17) is 14.4 Å². The van der Waals surface area contributed by atoms with Crippen molar-refractivity contribution in [3.63, 3.8) is 0 Å². The molecule has 0 saturated heterocycles. The first-order valence-electron chi connectivity index (χ1n) is 19.8. The van der Waals surface area contributed by atoms with Crippen molar-refractivity contribution < 1.29 is 24.5 Å². The summed E-state index contributed by atoms with van der Waals surface area (Å²) in [4.78, 5) is 14.3. The van der Waals surface area contributed by atoms with Crippen molar-refractivity contribution in [1.82, 2.24) is 15.0 Å². The number of benzene rings is 4. The standard InChI is InChI=1S/C32H25N2O.C18H24GeN.Ir/c1-2-7-21(6-1)18-22-16-17-33-30(19-22)28-11-5-10-26-27-14-15-29(34-32(27)35-31(26)28)25-13-12-23-8-3-4-9-24(23)20-25;1-14(2)11-16-12-18(15-9-7-6-8-10-15)20-13-17(16)19(3,4)5;/h3-5,8-10,12-17,19-21H,1-2,6-7,18H2;6-9,12-14H,11H2,1-5H3;/q2*-1;. The average Bonchev–Trinajstić information content (AvgIpc) is 3.85. The third-order valence-electron chi connectivity index (χ3n) is 10.8. The summed E-state index contributed by atoms with van der Waals surface area (Å²) in [5.41, 5.74) is 10.2. The molecule has 4 nitrogen and oxygen atoms in total. The monoisotopic (exact) mass is 974 g/mol. The van der Waals surface area contributed by atoms with Crippen molar-refractivity contribution in [2.45, 2.75) is 69.6 Å². The Kier molecular flexibility index (Phi) is 12.4. The van der Waals surface area contributed by atoms with E-state index in [1.54, 1.807) is 4.40 Å². The van der Waals surface area contributed by atoms with Gasteiger partial charge in [-0.15, -0.1) is 18.2 Å². The molecule has 4 aromatic carbocycles. The predicted octanol–water partition coefficient (Wildman–Crippen LogP) is 12.7. The van der Waals surface area contributed by atoms with Crippen LogP contribution in [0.25, 0.3) is 66.6 Å². The summed E-state index contributed by atoms with van der Waals surface area (Å²) in [5, 5.41) is 4.50. The fraction of sp³-hybridized carbons (Fsp3) is 0.260. The topological polar surface area (TPSA) is 51.8 Å². The minimum atomic E-state index is -1.86. The first-order valence-corrected chi connectivity index (χ1v) is 27.2. The molecule has 0 bridgehead atoms. The van der Waals surface area contributed by atoms with Crippen molar-refractivity contribution >= 4 is 50.5 Å². The Morgan fingerprint density at radius 3 is 2.32 bits per heavy atom. The van der Waals surface area contributed by atoms with Gasteiger partial charge in [-0.1, -0.05) is 84.7 Å². The van der Waals surface area contributed by atoms with Crippen LogP contribution in [0.15, 0.2) is 126 Å². The van der Waals surface area contributed by atoms with Gasteiger partial charge in [0.05, 0.1) is 11.3 Å². The number of aromatic nitrogens is 3. The summed E-state index contributed by atoms with van der Waals surface area (Å²) in [6.45, 7) is 4.57. The molecule has 285 valence electrons. The number of rotatable bonds is 8. The number of hydrogen-bond donors (Lipinski definition) is 0. The number of nitrogens with zero attached hydrogens (tertiary/aromatic N) is 3. The van der Waals surface area contributed by atoms with E-state index in [9.17, 15) is 0 Å². The number of furan rings is 1. The molecular weight excluding hydrogens is 923 g/mol. The van der Waals surface area contributed by atoms with Gasteiger partial charge in [0, 0.05) is 37.3 Å². The maximum absolute atomic E-state index is 6.38. The largest absolute Gasteiger partial charge is 0.486 e. The van der Waals surface area contributed by atoms with Crippen LogP contribution in [0.4, 0.5) is 0 Å². The van der Waals surface area contributed by atoms with Crippen molar-refractivity contribution in [1.29, 1.82) is 0 Å². The summed E-state index contributed by atoms with van der Waals surface area (Å²) in [5.74, 6) is 8.79. The van der Waals surface area contributed by atoms with Gasteiger partial charge in [0.15, 0.2) is 0 Å². The molecule has 1 fully saturated rings. The van der Waals surface area contributed by atoms with Crippen LogP contribution in [0, 0.1) is 24.0 Å². The van der Waals surface area contributed by atoms with Crippen LogP contribution in [-0.4, -0.2) is 28.2 Å². The number of fused-ring (bicyclic) bond motifs is 4. The molecule has 6 heteroatoms. The molecular formula is C50H49GeIrN3O-2. The van der Waals surface area contributed by atoms with Crippen molar-refractivity contribution in [2.24, 2.45) is 11.8 Å². The molecule has 0 N–H and O–H groups in total. The molecule has 0 aliphatic heterocycles. The molecule has 56 heavy (non-hydrogen) atoms. The predicted molar refractivity (Wildman–Crippen MR) is 232 cm³/mol. The van der Waals surface area contributed by atoms with Gasteiger partial charge in [-0.05, 0) is 53.1 Å². The van der Waals surface area contributed by atoms with Gasteiger partial charge in [0.2, 0.25) is 5.71 Å². The van der Waals surface area contributed by atoms with Crippen LogP contribution in [0.1, 0.15) is 50.7 Å². The smallest absolute Gasteiger partial charge is 0.216 e. The molecule has 1 saturated carbocycles. The van der Waals surface area contributed by atoms with Gasteiger partial charge in [0.1, 0.15) is 0 Å². The average molecular weight is 973 g/mol. The van der Waals surface area contributed by atoms with Gasteiger partial charge in [-0.3, -0.25) is 0 Å². The zero-order valence-corrected chi connectivity index (χ0v) is 37.5. The molecule has 0 atom stereocenters. The van der Waals surface area contributed by atoms with E-state index in [0.29, 0.717) is 11.6 Å². The van der Waals surface area contributed by atoms with Crippen LogP contribution in [0.5, 0.6) is 0 Å². The van der Waals surface area contributed by atoms with Crippen LogP contribution < -0.4 is 4.40 Å². The van der Waals surface area contributed by atoms with E-state index in [1.807, 2.05) is 30.5 Å². The van der Waals surface area contributed by atoms with Gasteiger partial charge in [-0.25, -0.2) is 4.98 Å². The summed E-state index contributed by atoms with van der Waals surface area (Å²) in [7, 11) is 0. The zero-order valence-electron chi connectivity index (χ0n) is 33.0. The van der Waals surface area contributed by atoms with Crippen molar-refractivity contribution in [3.05, 3.63) is 145 Å². The van der Waals surface area contributed by atoms with Crippen LogP contribution >= 0.6 is 0 Å². The molecule has 8 aromatic rings. The van der Waals surface area contributed by atoms with E-state index in [0.717, 1.165) is 68.9 Å². The summed E-state index contributed by atoms with van der Waals surface area (Å²) < 4.78 is 7.92. The van der Waals surface area contributed by atoms with Gasteiger partial charge < -0.3 is 9.40 Å². The Labute approximate surface area is 347 Å². The van der Waals surface area contributed by atoms with E-state index in [1.165, 1.54) is 47.6 Å². The second-order valence-corrected chi connectivity index (χ2v) is 27.1. The first-order chi connectivity index (χ1) is 26.7. The van der Waals surface area contributed by atoms with E-state index < -0.39 is 13.3 Å². The second kappa shape index (κ2) is 17.4. The normalized spacial score (nSPS) is 13.2. The Morgan fingerprint density at radius 2 is 1.55 bits per heavy atom. The summed E-state index contributed by atoms with van der Waals surface area (Å²) in [6, 6.07) is 44.5. The third-order valence-corrected chi connectivity index (χ3v) is 15.2. The minimum absolute atomic E-state index is 0. The van der Waals surface area contributed by atoms with Crippen LogP contribution in [0.2, 0.25) is 17.3 Å². The molecule has 0 spiro atoms. The molecule has 9 rings (SSSR count). The molecule has 1 radical (unpaired) electrons. The van der Waals surface area contributed by atoms with Crippen molar-refractivity contribution in [3.8, 4) is 33.8 Å². The van der Waals surface area contributed by atoms with Gasteiger partial charge in [0.25, 0.3) is 0 Å². The molecule has 4 heterocycles. The Morgan fingerprint density at radius 1 is 0.750 bits per heavy atom. The SMILES string of the molecule is CC(C)Cc1cc(-c2[c-]cccc2)nc[c]1[Ge]([CH3])([CH3])[CH3].[Ir].[c-]1ccc2c(oc3nc(-c4ccc5ccccc5c4)ccc32)c1-c1cc(CC2CCCC2)ccn1. The van der Waals surface area contributed by atoms with E-state index >= 15 is 0 Å². The Balaban J connectivity index is 0.000000197. The van der Waals surface area contributed by atoms with E-state index in [2.05, 4.69) is 139 Å². The summed E-state index contributed by atoms with van der Waals surface area (Å²) >= 11 is -1.86. The Hall–Kier alpha value is -4.42. The molecule has 0 unspecified atom stereocenters. The maximum atomic E-state index is 6.38. The second-order valence-electron chi connectivity index (χ2n) is 16.6. The van der Waals surface area contributed by atoms with Crippen molar-refractivity contribution in [2.75, 3.05) is 0 Å². The maximum Gasteiger partial charge on any atom is 0.216 e. The number of hydrogen-bond acceptors (Lipinski definition) is 4. The fourth-order valence-electron chi connectivity index (χ4n) is 8.09. The number of pyridine rings is 3. The Bertz CT molecular complexity index is 2590. The minimum Gasteiger partial charge on any atom is -0.486 e. The van der Waals surface area contributed by atoms with E-state index in [-0.39, 0.29) is 20.1 Å². The third kappa shape index (κ3) is 8.91. The van der Waals surface area contributed by atoms with Crippen LogP contribution in [-0.2, 0) is 32.9 Å².